The summed E-state index contributed by atoms with van der Waals surface area (Å²) >= 11 is 0. The molecule has 0 saturated heterocycles. The van der Waals surface area contributed by atoms with Crippen molar-refractivity contribution in [1.82, 2.24) is 0 Å². The van der Waals surface area contributed by atoms with Gasteiger partial charge in [0.25, 0.3) is 0 Å². The molecule has 0 radical (unpaired) electrons. The Balaban J connectivity index is 2.33. The summed E-state index contributed by atoms with van der Waals surface area (Å²) in [5.41, 5.74) is 8.42. The van der Waals surface area contributed by atoms with Gasteiger partial charge in [-0.05, 0) is 49.1 Å². The summed E-state index contributed by atoms with van der Waals surface area (Å²) in [6.07, 6.45) is 1.37. The summed E-state index contributed by atoms with van der Waals surface area (Å²) in [5, 5.41) is 0. The fraction of sp³-hybridized carbons (Fsp3) is 0.412. The van der Waals surface area contributed by atoms with Gasteiger partial charge in [0.05, 0.1) is 6.26 Å². The van der Waals surface area contributed by atoms with Crippen LogP contribution in [0.2, 0.25) is 0 Å². The van der Waals surface area contributed by atoms with Gasteiger partial charge in [0, 0.05) is 6.04 Å². The van der Waals surface area contributed by atoms with Crippen molar-refractivity contribution in [1.29, 1.82) is 0 Å². The molecular weight excluding hydrogens is 250 g/mol. The molecule has 0 fully saturated rings. The van der Waals surface area contributed by atoms with Gasteiger partial charge in [0.15, 0.2) is 6.10 Å². The Hall–Kier alpha value is -1.74. The van der Waals surface area contributed by atoms with Crippen LogP contribution in [0.15, 0.2) is 41.0 Å². The molecule has 108 valence electrons. The second kappa shape index (κ2) is 6.14. The van der Waals surface area contributed by atoms with Crippen LogP contribution in [0.4, 0.5) is 0 Å². The molecule has 1 heterocycles. The Kier molecular flexibility index (Phi) is 4.50. The number of nitrogens with two attached hydrogens (primary N) is 1. The Bertz CT molecular complexity index is 544. The van der Waals surface area contributed by atoms with Gasteiger partial charge in [0.2, 0.25) is 0 Å². The molecule has 0 spiro atoms. The summed E-state index contributed by atoms with van der Waals surface area (Å²) in [6.45, 7) is 8.30. The summed E-state index contributed by atoms with van der Waals surface area (Å²) in [7, 11) is 0. The topological polar surface area (TPSA) is 48.4 Å². The zero-order chi connectivity index (χ0) is 14.7. The van der Waals surface area contributed by atoms with Gasteiger partial charge >= 0.3 is 0 Å². The molecule has 0 aliphatic rings. The second-order valence-corrected chi connectivity index (χ2v) is 5.61. The minimum absolute atomic E-state index is 0.151. The molecule has 3 nitrogen and oxygen atoms in total. The van der Waals surface area contributed by atoms with Crippen LogP contribution in [-0.4, -0.2) is 6.04 Å². The lowest BCUT2D eigenvalue weighted by atomic mass is 10.0. The normalized spacial score (nSPS) is 14.3. The van der Waals surface area contributed by atoms with Crippen molar-refractivity contribution < 1.29 is 9.15 Å². The Morgan fingerprint density at radius 1 is 1.15 bits per heavy atom. The van der Waals surface area contributed by atoms with Gasteiger partial charge in [-0.1, -0.05) is 26.0 Å². The summed E-state index contributed by atoms with van der Waals surface area (Å²) in [5.74, 6) is 2.05. The smallest absolute Gasteiger partial charge is 0.171 e. The first-order valence-corrected chi connectivity index (χ1v) is 7.05. The number of benzene rings is 1. The van der Waals surface area contributed by atoms with Crippen molar-refractivity contribution in [2.24, 2.45) is 5.73 Å². The predicted molar refractivity (Wildman–Crippen MR) is 81.0 cm³/mol. The third-order valence-electron chi connectivity index (χ3n) is 3.35. The van der Waals surface area contributed by atoms with Crippen molar-refractivity contribution in [3.05, 3.63) is 53.5 Å². The molecule has 2 aromatic rings. The van der Waals surface area contributed by atoms with E-state index in [9.17, 15) is 0 Å². The van der Waals surface area contributed by atoms with Gasteiger partial charge < -0.3 is 14.9 Å². The van der Waals surface area contributed by atoms with E-state index in [1.807, 2.05) is 19.1 Å². The lowest BCUT2D eigenvalue weighted by Gasteiger charge is -2.23. The largest absolute Gasteiger partial charge is 0.481 e. The van der Waals surface area contributed by atoms with Crippen LogP contribution in [0.3, 0.4) is 0 Å². The molecule has 1 aromatic carbocycles. The first-order valence-electron chi connectivity index (χ1n) is 7.05. The van der Waals surface area contributed by atoms with E-state index >= 15 is 0 Å². The molecule has 0 saturated carbocycles. The van der Waals surface area contributed by atoms with Gasteiger partial charge in [-0.25, -0.2) is 0 Å². The average Bonchev–Trinajstić information content (AvgIpc) is 2.88. The number of aryl methyl sites for hydroxylation is 1. The van der Waals surface area contributed by atoms with Crippen molar-refractivity contribution in [3.8, 4) is 5.75 Å². The average molecular weight is 273 g/mol. The Morgan fingerprint density at radius 2 is 1.90 bits per heavy atom. The number of hydrogen-bond donors (Lipinski definition) is 1. The number of ether oxygens (including phenoxy) is 1. The van der Waals surface area contributed by atoms with Crippen LogP contribution < -0.4 is 10.5 Å². The Morgan fingerprint density at radius 3 is 2.45 bits per heavy atom. The van der Waals surface area contributed by atoms with E-state index in [1.54, 1.807) is 6.26 Å². The van der Waals surface area contributed by atoms with Crippen LogP contribution in [0, 0.1) is 6.92 Å². The molecule has 3 heteroatoms. The van der Waals surface area contributed by atoms with Crippen LogP contribution in [0.1, 0.15) is 49.7 Å². The van der Waals surface area contributed by atoms with Gasteiger partial charge in [0.1, 0.15) is 11.5 Å². The zero-order valence-corrected chi connectivity index (χ0v) is 12.6. The van der Waals surface area contributed by atoms with E-state index in [0.717, 1.165) is 11.5 Å². The van der Waals surface area contributed by atoms with Crippen molar-refractivity contribution in [3.63, 3.8) is 0 Å². The first kappa shape index (κ1) is 14.7. The molecule has 0 amide bonds. The monoisotopic (exact) mass is 273 g/mol. The minimum Gasteiger partial charge on any atom is -0.481 e. The fourth-order valence-electron chi connectivity index (χ4n) is 2.24. The zero-order valence-electron chi connectivity index (χ0n) is 12.6. The van der Waals surface area contributed by atoms with Crippen molar-refractivity contribution in [2.45, 2.75) is 45.8 Å². The van der Waals surface area contributed by atoms with Crippen molar-refractivity contribution >= 4 is 0 Å². The van der Waals surface area contributed by atoms with Crippen LogP contribution >= 0.6 is 0 Å². The minimum atomic E-state index is -0.274. The highest BCUT2D eigenvalue weighted by Gasteiger charge is 2.22. The number of rotatable bonds is 5. The standard InChI is InChI=1S/C17H23NO2/c1-11(2)14-8-7-12(3)10-16(14)20-17(13(4)18)15-6-5-9-19-15/h5-11,13,17H,18H2,1-4H3. The molecule has 20 heavy (non-hydrogen) atoms. The summed E-state index contributed by atoms with van der Waals surface area (Å²) in [6, 6.07) is 9.90. The third kappa shape index (κ3) is 3.23. The second-order valence-electron chi connectivity index (χ2n) is 5.61. The molecule has 1 aromatic heterocycles. The van der Waals surface area contributed by atoms with E-state index < -0.39 is 0 Å². The van der Waals surface area contributed by atoms with E-state index in [4.69, 9.17) is 14.9 Å². The fourth-order valence-corrected chi connectivity index (χ4v) is 2.24. The van der Waals surface area contributed by atoms with E-state index in [-0.39, 0.29) is 12.1 Å². The lowest BCUT2D eigenvalue weighted by molar-refractivity contribution is 0.151. The van der Waals surface area contributed by atoms with E-state index in [1.165, 1.54) is 11.1 Å². The van der Waals surface area contributed by atoms with Crippen LogP contribution in [0.5, 0.6) is 5.75 Å². The SMILES string of the molecule is Cc1ccc(C(C)C)c(OC(c2ccco2)C(C)N)c1. The van der Waals surface area contributed by atoms with Crippen LogP contribution in [-0.2, 0) is 0 Å². The maximum Gasteiger partial charge on any atom is 0.171 e. The van der Waals surface area contributed by atoms with Gasteiger partial charge in [-0.15, -0.1) is 0 Å². The molecule has 2 atom stereocenters. The highest BCUT2D eigenvalue weighted by molar-refractivity contribution is 5.39. The molecular formula is C17H23NO2. The quantitative estimate of drug-likeness (QED) is 0.889. The molecule has 0 aliphatic heterocycles. The molecule has 2 rings (SSSR count). The number of hydrogen-bond acceptors (Lipinski definition) is 3. The molecule has 0 aliphatic carbocycles. The lowest BCUT2D eigenvalue weighted by Crippen LogP contribution is -2.29. The highest BCUT2D eigenvalue weighted by atomic mass is 16.5. The Labute approximate surface area is 120 Å². The molecule has 0 bridgehead atoms. The maximum absolute atomic E-state index is 6.17. The first-order chi connectivity index (χ1) is 9.49. The van der Waals surface area contributed by atoms with Gasteiger partial charge in [-0.2, -0.15) is 0 Å². The molecule has 2 N–H and O–H groups in total. The highest BCUT2D eigenvalue weighted by Crippen LogP contribution is 2.32. The van der Waals surface area contributed by atoms with Gasteiger partial charge in [-0.3, -0.25) is 0 Å². The predicted octanol–water partition coefficient (Wildman–Crippen LogP) is 4.18. The third-order valence-corrected chi connectivity index (χ3v) is 3.35. The van der Waals surface area contributed by atoms with E-state index in [0.29, 0.717) is 5.92 Å². The van der Waals surface area contributed by atoms with E-state index in [2.05, 4.69) is 39.0 Å². The molecule has 2 unspecified atom stereocenters. The number of furan rings is 1. The summed E-state index contributed by atoms with van der Waals surface area (Å²) < 4.78 is 11.6. The summed E-state index contributed by atoms with van der Waals surface area (Å²) in [4.78, 5) is 0. The van der Waals surface area contributed by atoms with Crippen molar-refractivity contribution in [2.75, 3.05) is 0 Å². The van der Waals surface area contributed by atoms with Crippen LogP contribution in [0.25, 0.3) is 0 Å². The maximum atomic E-state index is 6.17.